The lowest BCUT2D eigenvalue weighted by Gasteiger charge is -2.09. The van der Waals surface area contributed by atoms with E-state index in [1.54, 1.807) is 7.11 Å². The molecular weight excluding hydrogens is 212 g/mol. The highest BCUT2D eigenvalue weighted by atomic mass is 16.5. The van der Waals surface area contributed by atoms with Gasteiger partial charge in [0.15, 0.2) is 0 Å². The van der Waals surface area contributed by atoms with Gasteiger partial charge in [-0.1, -0.05) is 18.2 Å². The van der Waals surface area contributed by atoms with Gasteiger partial charge < -0.3 is 14.6 Å². The first kappa shape index (κ1) is 12.1. The predicted molar refractivity (Wildman–Crippen MR) is 71.2 cm³/mol. The van der Waals surface area contributed by atoms with Crippen LogP contribution in [0.4, 0.5) is 0 Å². The molecule has 2 aromatic rings. The fourth-order valence-corrected chi connectivity index (χ4v) is 2.24. The predicted octanol–water partition coefficient (Wildman–Crippen LogP) is 2.40. The van der Waals surface area contributed by atoms with Gasteiger partial charge in [-0.05, 0) is 30.5 Å². The zero-order chi connectivity index (χ0) is 12.1. The Kier molecular flexibility index (Phi) is 4.18. The molecule has 0 amide bonds. The van der Waals surface area contributed by atoms with Gasteiger partial charge in [0.25, 0.3) is 0 Å². The van der Waals surface area contributed by atoms with E-state index in [4.69, 9.17) is 4.74 Å². The third kappa shape index (κ3) is 2.68. The van der Waals surface area contributed by atoms with E-state index in [0.717, 1.165) is 26.1 Å². The molecule has 92 valence electrons. The number of fused-ring (bicyclic) bond motifs is 1. The van der Waals surface area contributed by atoms with Crippen molar-refractivity contribution in [2.75, 3.05) is 20.8 Å². The molecule has 3 heteroatoms. The number of benzene rings is 1. The summed E-state index contributed by atoms with van der Waals surface area (Å²) >= 11 is 0. The highest BCUT2D eigenvalue weighted by Gasteiger charge is 2.05. The van der Waals surface area contributed by atoms with Crippen LogP contribution in [0.25, 0.3) is 10.9 Å². The van der Waals surface area contributed by atoms with Crippen molar-refractivity contribution in [3.8, 4) is 0 Å². The van der Waals surface area contributed by atoms with E-state index in [1.807, 2.05) is 7.05 Å². The molecular formula is C14H20N2O. The molecule has 17 heavy (non-hydrogen) atoms. The zero-order valence-electron chi connectivity index (χ0n) is 10.6. The van der Waals surface area contributed by atoms with Gasteiger partial charge in [0, 0.05) is 33.0 Å². The molecule has 1 aromatic carbocycles. The number of nitrogens with one attached hydrogen (secondary N) is 1. The summed E-state index contributed by atoms with van der Waals surface area (Å²) < 4.78 is 7.42. The number of ether oxygens (including phenoxy) is 1. The average molecular weight is 232 g/mol. The fourth-order valence-electron chi connectivity index (χ4n) is 2.24. The maximum Gasteiger partial charge on any atom is 0.0525 e. The number of para-hydroxylation sites is 1. The largest absolute Gasteiger partial charge is 0.385 e. The maximum atomic E-state index is 5.10. The van der Waals surface area contributed by atoms with E-state index >= 15 is 0 Å². The first-order valence-electron chi connectivity index (χ1n) is 6.07. The van der Waals surface area contributed by atoms with Crippen LogP contribution in [0.2, 0.25) is 0 Å². The van der Waals surface area contributed by atoms with E-state index in [2.05, 4.69) is 40.3 Å². The molecule has 0 unspecified atom stereocenters. The molecule has 0 fully saturated rings. The second-order valence-corrected chi connectivity index (χ2v) is 4.24. The molecule has 1 heterocycles. The second kappa shape index (κ2) is 5.84. The van der Waals surface area contributed by atoms with Crippen LogP contribution < -0.4 is 5.32 Å². The Labute approximate surface area is 102 Å². The van der Waals surface area contributed by atoms with E-state index in [0.29, 0.717) is 0 Å². The minimum absolute atomic E-state index is 0.813. The Hall–Kier alpha value is -1.32. The van der Waals surface area contributed by atoms with E-state index in [-0.39, 0.29) is 0 Å². The van der Waals surface area contributed by atoms with Gasteiger partial charge in [-0.15, -0.1) is 0 Å². The van der Waals surface area contributed by atoms with Gasteiger partial charge in [0.1, 0.15) is 0 Å². The molecule has 3 nitrogen and oxygen atoms in total. The van der Waals surface area contributed by atoms with Crippen molar-refractivity contribution in [3.05, 3.63) is 36.0 Å². The van der Waals surface area contributed by atoms with Crippen molar-refractivity contribution in [2.24, 2.45) is 0 Å². The average Bonchev–Trinajstić information content (AvgIpc) is 2.75. The molecule has 1 aromatic heterocycles. The topological polar surface area (TPSA) is 26.2 Å². The van der Waals surface area contributed by atoms with Crippen molar-refractivity contribution in [3.63, 3.8) is 0 Å². The number of hydrogen-bond donors (Lipinski definition) is 1. The van der Waals surface area contributed by atoms with Crippen LogP contribution in [0.15, 0.2) is 30.5 Å². The lowest BCUT2D eigenvalue weighted by atomic mass is 10.1. The molecule has 0 saturated carbocycles. The summed E-state index contributed by atoms with van der Waals surface area (Å²) in [4.78, 5) is 0. The normalized spacial score (nSPS) is 11.2. The summed E-state index contributed by atoms with van der Waals surface area (Å²) in [6, 6.07) is 8.66. The lowest BCUT2D eigenvalue weighted by molar-refractivity contribution is 0.190. The highest BCUT2D eigenvalue weighted by molar-refractivity contribution is 5.83. The number of aryl methyl sites for hydroxylation is 1. The maximum absolute atomic E-state index is 5.10. The van der Waals surface area contributed by atoms with Crippen LogP contribution in [0, 0.1) is 0 Å². The van der Waals surface area contributed by atoms with E-state index in [9.17, 15) is 0 Å². The van der Waals surface area contributed by atoms with Crippen molar-refractivity contribution in [1.82, 2.24) is 9.88 Å². The molecule has 0 saturated heterocycles. The number of methoxy groups -OCH3 is 1. The summed E-state index contributed by atoms with van der Waals surface area (Å²) in [7, 11) is 3.73. The zero-order valence-corrected chi connectivity index (χ0v) is 10.6. The number of hydrogen-bond acceptors (Lipinski definition) is 2. The third-order valence-corrected chi connectivity index (χ3v) is 2.99. The standard InChI is InChI=1S/C14H20N2O/c1-15-11-13-6-3-5-12-7-9-16(14(12)13)8-4-10-17-2/h3,5-7,9,15H,4,8,10-11H2,1-2H3. The summed E-state index contributed by atoms with van der Waals surface area (Å²) in [5.74, 6) is 0. The van der Waals surface area contributed by atoms with Crippen molar-refractivity contribution in [2.45, 2.75) is 19.5 Å². The van der Waals surface area contributed by atoms with Gasteiger partial charge in [0.05, 0.1) is 5.52 Å². The van der Waals surface area contributed by atoms with Gasteiger partial charge in [-0.25, -0.2) is 0 Å². The quantitative estimate of drug-likeness (QED) is 0.774. The summed E-state index contributed by atoms with van der Waals surface area (Å²) in [6.45, 7) is 2.73. The molecule has 0 aliphatic heterocycles. The van der Waals surface area contributed by atoms with Crippen LogP contribution in [0.1, 0.15) is 12.0 Å². The molecule has 0 spiro atoms. The summed E-state index contributed by atoms with van der Waals surface area (Å²) in [5.41, 5.74) is 2.70. The minimum atomic E-state index is 0.813. The van der Waals surface area contributed by atoms with Gasteiger partial charge in [-0.3, -0.25) is 0 Å². The molecule has 2 rings (SSSR count). The molecule has 0 aliphatic carbocycles. The Morgan fingerprint density at radius 2 is 2.18 bits per heavy atom. The van der Waals surface area contributed by atoms with Crippen LogP contribution in [0.3, 0.4) is 0 Å². The highest BCUT2D eigenvalue weighted by Crippen LogP contribution is 2.20. The third-order valence-electron chi connectivity index (χ3n) is 2.99. The van der Waals surface area contributed by atoms with Gasteiger partial charge >= 0.3 is 0 Å². The Morgan fingerprint density at radius 3 is 2.94 bits per heavy atom. The fraction of sp³-hybridized carbons (Fsp3) is 0.429. The van der Waals surface area contributed by atoms with Gasteiger partial charge in [0.2, 0.25) is 0 Å². The summed E-state index contributed by atoms with van der Waals surface area (Å²) in [5, 5.41) is 4.54. The van der Waals surface area contributed by atoms with Crippen LogP contribution in [-0.2, 0) is 17.8 Å². The van der Waals surface area contributed by atoms with E-state index in [1.165, 1.54) is 16.5 Å². The molecule has 0 aliphatic rings. The molecule has 0 atom stereocenters. The first-order valence-corrected chi connectivity index (χ1v) is 6.07. The molecule has 0 bridgehead atoms. The summed E-state index contributed by atoms with van der Waals surface area (Å²) in [6.07, 6.45) is 3.22. The number of rotatable bonds is 6. The molecule has 0 radical (unpaired) electrons. The van der Waals surface area contributed by atoms with Crippen LogP contribution in [-0.4, -0.2) is 25.3 Å². The van der Waals surface area contributed by atoms with Crippen molar-refractivity contribution in [1.29, 1.82) is 0 Å². The van der Waals surface area contributed by atoms with Crippen molar-refractivity contribution >= 4 is 10.9 Å². The molecule has 1 N–H and O–H groups in total. The first-order chi connectivity index (χ1) is 8.36. The second-order valence-electron chi connectivity index (χ2n) is 4.24. The lowest BCUT2D eigenvalue weighted by Crippen LogP contribution is -2.08. The minimum Gasteiger partial charge on any atom is -0.385 e. The van der Waals surface area contributed by atoms with E-state index < -0.39 is 0 Å². The van der Waals surface area contributed by atoms with Crippen LogP contribution >= 0.6 is 0 Å². The Bertz CT molecular complexity index is 476. The monoisotopic (exact) mass is 232 g/mol. The number of nitrogens with zero attached hydrogens (tertiary/aromatic N) is 1. The Morgan fingerprint density at radius 1 is 1.29 bits per heavy atom. The van der Waals surface area contributed by atoms with Gasteiger partial charge in [-0.2, -0.15) is 0 Å². The van der Waals surface area contributed by atoms with Crippen molar-refractivity contribution < 1.29 is 4.74 Å². The van der Waals surface area contributed by atoms with Crippen LogP contribution in [0.5, 0.6) is 0 Å². The Balaban J connectivity index is 2.28. The smallest absolute Gasteiger partial charge is 0.0525 e. The SMILES string of the molecule is CNCc1cccc2ccn(CCCOC)c12. The number of aromatic nitrogens is 1.